The molecule has 4 bridgehead atoms. The minimum atomic E-state index is -0.831. The molecule has 4 aliphatic carbocycles. The topological polar surface area (TPSA) is 93.4 Å². The lowest BCUT2D eigenvalue weighted by atomic mass is 9.48. The fourth-order valence-electron chi connectivity index (χ4n) is 6.43. The highest BCUT2D eigenvalue weighted by Crippen LogP contribution is 2.61. The van der Waals surface area contributed by atoms with Gasteiger partial charge in [-0.3, -0.25) is 9.59 Å². The first-order chi connectivity index (χ1) is 14.4. The van der Waals surface area contributed by atoms with Crippen molar-refractivity contribution in [1.29, 1.82) is 0 Å². The van der Waals surface area contributed by atoms with Gasteiger partial charge in [-0.25, -0.2) is 4.68 Å². The van der Waals surface area contributed by atoms with E-state index in [1.165, 1.54) is 10.9 Å². The second-order valence-electron chi connectivity index (χ2n) is 8.97. The summed E-state index contributed by atoms with van der Waals surface area (Å²) >= 11 is 6.47. The number of methoxy groups -OCH3 is 1. The van der Waals surface area contributed by atoms with Crippen LogP contribution in [0.5, 0.6) is 5.75 Å². The number of carboxylic acids is 1. The maximum atomic E-state index is 13.3. The summed E-state index contributed by atoms with van der Waals surface area (Å²) in [6.45, 7) is 0. The Hall–Kier alpha value is -2.54. The third kappa shape index (κ3) is 2.90. The molecule has 7 nitrogen and oxygen atoms in total. The highest BCUT2D eigenvalue weighted by Gasteiger charge is 2.61. The molecule has 0 amide bonds. The van der Waals surface area contributed by atoms with E-state index in [9.17, 15) is 14.7 Å². The molecule has 0 spiro atoms. The van der Waals surface area contributed by atoms with Gasteiger partial charge in [-0.15, -0.1) is 0 Å². The standard InChI is InChI=1S/C22H24ClN3O4/c1-30-16-4-2-3-15(8-16)25-17-11-24-26(20(27)19(17)23)22-9-12-5-13(10-22)7-14(6-12)18(22)21(28)29/h2-4,8,11-14,18,25H,5-7,9-10H2,1H3,(H,28,29)/t12-,13-,14?,18-,22?/m1/s1. The van der Waals surface area contributed by atoms with Crippen LogP contribution in [-0.2, 0) is 10.3 Å². The maximum absolute atomic E-state index is 13.3. The van der Waals surface area contributed by atoms with E-state index in [1.54, 1.807) is 13.2 Å². The summed E-state index contributed by atoms with van der Waals surface area (Å²) in [5.74, 6) is 0.275. The minimum absolute atomic E-state index is 0.0210. The molecule has 1 aromatic heterocycles. The number of aliphatic carboxylic acids is 1. The third-order valence-electron chi connectivity index (χ3n) is 7.23. The first-order valence-corrected chi connectivity index (χ1v) is 10.7. The first-order valence-electron chi connectivity index (χ1n) is 10.3. The van der Waals surface area contributed by atoms with Crippen LogP contribution in [-0.4, -0.2) is 28.0 Å². The van der Waals surface area contributed by atoms with Gasteiger partial charge in [0.2, 0.25) is 0 Å². The summed E-state index contributed by atoms with van der Waals surface area (Å²) in [5, 5.41) is 17.6. The van der Waals surface area contributed by atoms with Crippen molar-refractivity contribution in [2.75, 3.05) is 12.4 Å². The van der Waals surface area contributed by atoms with Crippen molar-refractivity contribution in [2.45, 2.75) is 37.6 Å². The second kappa shape index (κ2) is 7.01. The molecule has 8 heteroatoms. The largest absolute Gasteiger partial charge is 0.497 e. The predicted octanol–water partition coefficient (Wildman–Crippen LogP) is 3.88. The van der Waals surface area contributed by atoms with Gasteiger partial charge in [0.05, 0.1) is 30.5 Å². The van der Waals surface area contributed by atoms with Gasteiger partial charge in [0.15, 0.2) is 0 Å². The molecular formula is C22H24ClN3O4. The number of aromatic nitrogens is 2. The van der Waals surface area contributed by atoms with Gasteiger partial charge in [0.25, 0.3) is 5.56 Å². The van der Waals surface area contributed by atoms with Crippen LogP contribution in [0.3, 0.4) is 0 Å². The number of carbonyl (C=O) groups is 1. The Morgan fingerprint density at radius 2 is 2.03 bits per heavy atom. The van der Waals surface area contributed by atoms with Gasteiger partial charge in [-0.2, -0.15) is 5.10 Å². The average molecular weight is 430 g/mol. The Kier molecular flexibility index (Phi) is 4.54. The minimum Gasteiger partial charge on any atom is -0.497 e. The van der Waals surface area contributed by atoms with Crippen molar-refractivity contribution in [1.82, 2.24) is 9.78 Å². The molecular weight excluding hydrogens is 406 g/mol. The number of nitrogens with one attached hydrogen (secondary N) is 1. The van der Waals surface area contributed by atoms with Gasteiger partial charge >= 0.3 is 5.97 Å². The summed E-state index contributed by atoms with van der Waals surface area (Å²) in [4.78, 5) is 25.5. The monoisotopic (exact) mass is 429 g/mol. The summed E-state index contributed by atoms with van der Waals surface area (Å²) in [6, 6.07) is 7.28. The molecule has 4 aliphatic rings. The number of nitrogens with zero attached hydrogens (tertiary/aromatic N) is 2. The van der Waals surface area contributed by atoms with Crippen LogP contribution in [0.2, 0.25) is 5.02 Å². The molecule has 2 aromatic rings. The van der Waals surface area contributed by atoms with Crippen LogP contribution in [0.4, 0.5) is 11.4 Å². The van der Waals surface area contributed by atoms with Crippen LogP contribution in [0.15, 0.2) is 35.3 Å². The number of hydrogen-bond donors (Lipinski definition) is 2. The zero-order chi connectivity index (χ0) is 21.0. The summed E-state index contributed by atoms with van der Waals surface area (Å²) in [7, 11) is 1.58. The summed E-state index contributed by atoms with van der Waals surface area (Å²) in [6.07, 6.45) is 5.90. The molecule has 1 aromatic carbocycles. The second-order valence-corrected chi connectivity index (χ2v) is 9.35. The number of ether oxygens (including phenoxy) is 1. The lowest BCUT2D eigenvalue weighted by Crippen LogP contribution is -2.63. The Bertz CT molecular complexity index is 1050. The highest BCUT2D eigenvalue weighted by molar-refractivity contribution is 6.33. The normalized spacial score (nSPS) is 31.5. The van der Waals surface area contributed by atoms with Gasteiger partial charge in [-0.05, 0) is 62.0 Å². The van der Waals surface area contributed by atoms with Gasteiger partial charge in [0, 0.05) is 11.8 Å². The Morgan fingerprint density at radius 3 is 2.70 bits per heavy atom. The SMILES string of the molecule is COc1cccc(Nc2cnn(C34C[C@H]5CC(C[C@@H](C5)C3)[C@@H]4C(=O)O)c(=O)c2Cl)c1. The quantitative estimate of drug-likeness (QED) is 0.749. The predicted molar refractivity (Wildman–Crippen MR) is 112 cm³/mol. The van der Waals surface area contributed by atoms with Crippen molar-refractivity contribution >= 4 is 28.9 Å². The molecule has 1 heterocycles. The lowest BCUT2D eigenvalue weighted by molar-refractivity contribution is -0.168. The van der Waals surface area contributed by atoms with Gasteiger partial charge in [0.1, 0.15) is 10.8 Å². The number of halogens is 1. The van der Waals surface area contributed by atoms with E-state index in [1.807, 2.05) is 18.2 Å². The van der Waals surface area contributed by atoms with Crippen LogP contribution < -0.4 is 15.6 Å². The molecule has 4 saturated carbocycles. The molecule has 0 radical (unpaired) electrons. The lowest BCUT2D eigenvalue weighted by Gasteiger charge is -2.59. The molecule has 0 unspecified atom stereocenters. The average Bonchev–Trinajstić information content (AvgIpc) is 2.70. The van der Waals surface area contributed by atoms with E-state index in [-0.39, 0.29) is 10.9 Å². The van der Waals surface area contributed by atoms with Crippen molar-refractivity contribution in [3.8, 4) is 5.75 Å². The zero-order valence-corrected chi connectivity index (χ0v) is 17.4. The number of benzene rings is 1. The molecule has 0 saturated heterocycles. The molecule has 158 valence electrons. The van der Waals surface area contributed by atoms with E-state index in [0.29, 0.717) is 41.8 Å². The van der Waals surface area contributed by atoms with E-state index in [4.69, 9.17) is 16.3 Å². The van der Waals surface area contributed by atoms with E-state index in [2.05, 4.69) is 10.4 Å². The van der Waals surface area contributed by atoms with E-state index in [0.717, 1.165) is 19.3 Å². The highest BCUT2D eigenvalue weighted by atomic mass is 35.5. The molecule has 30 heavy (non-hydrogen) atoms. The summed E-state index contributed by atoms with van der Waals surface area (Å²) < 4.78 is 6.63. The molecule has 0 aliphatic heterocycles. The van der Waals surface area contributed by atoms with Crippen LogP contribution in [0.1, 0.15) is 32.1 Å². The smallest absolute Gasteiger partial charge is 0.309 e. The maximum Gasteiger partial charge on any atom is 0.309 e. The van der Waals surface area contributed by atoms with Gasteiger partial charge < -0.3 is 15.2 Å². The van der Waals surface area contributed by atoms with Crippen molar-refractivity contribution < 1.29 is 14.6 Å². The van der Waals surface area contributed by atoms with Crippen molar-refractivity contribution in [3.05, 3.63) is 45.8 Å². The third-order valence-corrected chi connectivity index (χ3v) is 7.59. The number of anilines is 2. The fourth-order valence-corrected chi connectivity index (χ4v) is 6.60. The summed E-state index contributed by atoms with van der Waals surface area (Å²) in [5.41, 5.74) is -0.107. The number of hydrogen-bond acceptors (Lipinski definition) is 5. The van der Waals surface area contributed by atoms with Crippen LogP contribution in [0.25, 0.3) is 0 Å². The zero-order valence-electron chi connectivity index (χ0n) is 16.7. The van der Waals surface area contributed by atoms with E-state index < -0.39 is 23.0 Å². The van der Waals surface area contributed by atoms with E-state index >= 15 is 0 Å². The number of carboxylic acid groups (broad SMARTS) is 1. The molecule has 3 atom stereocenters. The fraction of sp³-hybridized carbons (Fsp3) is 0.500. The Morgan fingerprint density at radius 1 is 1.30 bits per heavy atom. The Labute approximate surface area is 179 Å². The Balaban J connectivity index is 1.54. The van der Waals surface area contributed by atoms with Crippen LogP contribution in [0, 0.1) is 23.7 Å². The molecule has 6 rings (SSSR count). The molecule has 2 N–H and O–H groups in total. The van der Waals surface area contributed by atoms with Gasteiger partial charge in [-0.1, -0.05) is 17.7 Å². The molecule has 4 fully saturated rings. The number of rotatable bonds is 5. The van der Waals surface area contributed by atoms with Crippen molar-refractivity contribution in [2.24, 2.45) is 23.7 Å². The van der Waals surface area contributed by atoms with Crippen molar-refractivity contribution in [3.63, 3.8) is 0 Å². The first kappa shape index (κ1) is 19.4. The van der Waals surface area contributed by atoms with Crippen LogP contribution >= 0.6 is 11.6 Å².